The number of halogens is 3. The molecule has 4 N–H and O–H groups in total. The second kappa shape index (κ2) is 11.7. The first-order valence-corrected chi connectivity index (χ1v) is 14.1. The van der Waals surface area contributed by atoms with E-state index in [1.165, 1.54) is 18.5 Å². The molecule has 0 bridgehead atoms. The van der Waals surface area contributed by atoms with Crippen molar-refractivity contribution in [2.75, 3.05) is 24.1 Å². The molecule has 0 aliphatic carbocycles. The molecule has 0 atom stereocenters. The fraction of sp³-hybridized carbons (Fsp3) is 0.250. The molecule has 5 aromatic rings. The van der Waals surface area contributed by atoms with Crippen LogP contribution < -0.4 is 11.1 Å². The summed E-state index contributed by atoms with van der Waals surface area (Å²) in [7, 11) is 0. The lowest BCUT2D eigenvalue weighted by Crippen LogP contribution is -2.35. The number of hydrogen-bond acceptors (Lipinski definition) is 7. The number of nitrogens with one attached hydrogen (secondary N) is 1. The molecule has 1 aliphatic rings. The number of benzene rings is 2. The van der Waals surface area contributed by atoms with Crippen molar-refractivity contribution in [2.45, 2.75) is 38.6 Å². The Balaban J connectivity index is 1.26. The number of aliphatic hydroxyl groups excluding tert-OH is 1. The molecule has 0 radical (unpaired) electrons. The number of alkyl halides is 3. The largest absolute Gasteiger partial charge is 0.416 e. The third-order valence-electron chi connectivity index (χ3n) is 7.90. The van der Waals surface area contributed by atoms with Crippen LogP contribution in [-0.4, -0.2) is 54.6 Å². The minimum absolute atomic E-state index is 0.0934. The Hall–Kier alpha value is -4.81. The molecule has 4 heterocycles. The lowest BCUT2D eigenvalue weighted by atomic mass is 10.0. The first-order chi connectivity index (χ1) is 21.0. The van der Waals surface area contributed by atoms with Crippen molar-refractivity contribution in [3.63, 3.8) is 0 Å². The van der Waals surface area contributed by atoms with Gasteiger partial charge < -0.3 is 20.7 Å². The first kappa shape index (κ1) is 29.3. The third-order valence-corrected chi connectivity index (χ3v) is 7.90. The van der Waals surface area contributed by atoms with E-state index >= 15 is 0 Å². The normalized spacial score (nSPS) is 14.7. The Morgan fingerprint density at radius 3 is 2.59 bits per heavy atom. The molecule has 9 nitrogen and oxygen atoms in total. The van der Waals surface area contributed by atoms with E-state index in [1.807, 2.05) is 40.8 Å². The predicted octanol–water partition coefficient (Wildman–Crippen LogP) is 5.60. The van der Waals surface area contributed by atoms with E-state index in [-0.39, 0.29) is 17.7 Å². The maximum atomic E-state index is 14.1. The smallest absolute Gasteiger partial charge is 0.393 e. The quantitative estimate of drug-likeness (QED) is 0.232. The van der Waals surface area contributed by atoms with Crippen LogP contribution in [0.3, 0.4) is 0 Å². The SMILES string of the molecule is Cc1ccc(NC(=O)c2ccc(CN3CCC(O)CC3)c(C(F)(F)F)c2)cc1-c1cc2c(ccn2-c2cc(N)ncn2)cn1. The number of nitrogen functional groups attached to an aromatic ring is 1. The summed E-state index contributed by atoms with van der Waals surface area (Å²) >= 11 is 0. The Bertz CT molecular complexity index is 1850. The van der Waals surface area contributed by atoms with Gasteiger partial charge in [-0.3, -0.25) is 14.7 Å². The molecule has 0 saturated carbocycles. The highest BCUT2D eigenvalue weighted by Crippen LogP contribution is 2.34. The van der Waals surface area contributed by atoms with Crippen molar-refractivity contribution >= 4 is 28.3 Å². The van der Waals surface area contributed by atoms with E-state index in [1.54, 1.807) is 24.4 Å². The van der Waals surface area contributed by atoms with Crippen LogP contribution >= 0.6 is 0 Å². The zero-order valence-corrected chi connectivity index (χ0v) is 23.8. The Morgan fingerprint density at radius 2 is 1.84 bits per heavy atom. The average molecular weight is 602 g/mol. The number of anilines is 2. The van der Waals surface area contributed by atoms with Crippen LogP contribution in [0.25, 0.3) is 28.0 Å². The number of amides is 1. The van der Waals surface area contributed by atoms with Crippen molar-refractivity contribution in [1.29, 1.82) is 0 Å². The van der Waals surface area contributed by atoms with Crippen molar-refractivity contribution < 1.29 is 23.1 Å². The number of hydrogen-bond donors (Lipinski definition) is 3. The highest BCUT2D eigenvalue weighted by Gasteiger charge is 2.35. The number of carbonyl (C=O) groups is 1. The summed E-state index contributed by atoms with van der Waals surface area (Å²) in [5, 5.41) is 13.4. The van der Waals surface area contributed by atoms with Gasteiger partial charge in [-0.1, -0.05) is 12.1 Å². The number of nitrogens with zero attached hydrogens (tertiary/aromatic N) is 5. The molecule has 2 aromatic carbocycles. The van der Waals surface area contributed by atoms with Crippen molar-refractivity contribution in [3.8, 4) is 17.1 Å². The van der Waals surface area contributed by atoms with Gasteiger partial charge in [-0.25, -0.2) is 9.97 Å². The zero-order valence-electron chi connectivity index (χ0n) is 23.8. The van der Waals surface area contributed by atoms with E-state index in [2.05, 4.69) is 20.3 Å². The summed E-state index contributed by atoms with van der Waals surface area (Å²) in [6.45, 7) is 3.03. The van der Waals surface area contributed by atoms with Crippen LogP contribution in [0.2, 0.25) is 0 Å². The fourth-order valence-electron chi connectivity index (χ4n) is 5.48. The number of carbonyl (C=O) groups excluding carboxylic acids is 1. The van der Waals surface area contributed by atoms with E-state index in [0.717, 1.165) is 28.1 Å². The third kappa shape index (κ3) is 6.12. The predicted molar refractivity (Wildman–Crippen MR) is 161 cm³/mol. The number of aliphatic hydroxyl groups is 1. The van der Waals surface area contributed by atoms with Gasteiger partial charge in [-0.15, -0.1) is 0 Å². The lowest BCUT2D eigenvalue weighted by Gasteiger charge is -2.30. The van der Waals surface area contributed by atoms with Crippen molar-refractivity contribution in [2.24, 2.45) is 0 Å². The van der Waals surface area contributed by atoms with E-state index in [4.69, 9.17) is 5.73 Å². The van der Waals surface area contributed by atoms with Crippen LogP contribution in [0.5, 0.6) is 0 Å². The van der Waals surface area contributed by atoms with Crippen LogP contribution in [-0.2, 0) is 12.7 Å². The Kier molecular flexibility index (Phi) is 7.78. The topological polar surface area (TPSA) is 122 Å². The maximum Gasteiger partial charge on any atom is 0.416 e. The standard InChI is InChI=1S/C32H30F3N7O2/c1-19-2-5-23(13-25(19)27-14-28-21(16-37-27)6-11-42(28)30-15-29(36)38-18-39-30)40-31(44)20-3-4-22(26(12-20)32(33,34)35)17-41-9-7-24(43)8-10-41/h2-6,11-16,18,24,43H,7-10,17H2,1H3,(H,40,44)(H2,36,38,39). The average Bonchev–Trinajstić information content (AvgIpc) is 3.42. The second-order valence-corrected chi connectivity index (χ2v) is 11.0. The summed E-state index contributed by atoms with van der Waals surface area (Å²) in [6.07, 6.45) is 0.983. The molecule has 226 valence electrons. The lowest BCUT2D eigenvalue weighted by molar-refractivity contribution is -0.138. The molecule has 3 aromatic heterocycles. The minimum atomic E-state index is -4.63. The van der Waals surface area contributed by atoms with Crippen molar-refractivity contribution in [3.05, 3.63) is 95.6 Å². The summed E-state index contributed by atoms with van der Waals surface area (Å²) in [5.41, 5.74) is 8.55. The van der Waals surface area contributed by atoms with Gasteiger partial charge in [0, 0.05) is 60.3 Å². The number of rotatable bonds is 6. The molecule has 0 unspecified atom stereocenters. The molecule has 1 fully saturated rings. The zero-order chi connectivity index (χ0) is 31.0. The summed E-state index contributed by atoms with van der Waals surface area (Å²) < 4.78 is 44.0. The number of piperidine rings is 1. The molecule has 0 spiro atoms. The number of aryl methyl sites for hydroxylation is 1. The van der Waals surface area contributed by atoms with Crippen LogP contribution in [0.4, 0.5) is 24.7 Å². The fourth-order valence-corrected chi connectivity index (χ4v) is 5.48. The van der Waals surface area contributed by atoms with Gasteiger partial charge in [0.2, 0.25) is 0 Å². The molecule has 1 saturated heterocycles. The number of pyridine rings is 1. The van der Waals surface area contributed by atoms with E-state index < -0.39 is 23.8 Å². The van der Waals surface area contributed by atoms with Crippen LogP contribution in [0, 0.1) is 6.92 Å². The Morgan fingerprint density at radius 1 is 1.05 bits per heavy atom. The van der Waals surface area contributed by atoms with Crippen LogP contribution in [0.15, 0.2) is 73.3 Å². The monoisotopic (exact) mass is 601 g/mol. The summed E-state index contributed by atoms with van der Waals surface area (Å²) in [4.78, 5) is 27.9. The molecule has 6 rings (SSSR count). The molecule has 1 amide bonds. The van der Waals surface area contributed by atoms with Gasteiger partial charge in [-0.05, 0) is 67.3 Å². The van der Waals surface area contributed by atoms with Crippen molar-refractivity contribution in [1.82, 2.24) is 24.4 Å². The van der Waals surface area contributed by atoms with Gasteiger partial charge in [0.05, 0.1) is 22.9 Å². The first-order valence-electron chi connectivity index (χ1n) is 14.1. The Labute approximate surface area is 251 Å². The molecule has 44 heavy (non-hydrogen) atoms. The van der Waals surface area contributed by atoms with Gasteiger partial charge in [0.15, 0.2) is 0 Å². The van der Waals surface area contributed by atoms with Gasteiger partial charge in [0.1, 0.15) is 18.0 Å². The number of nitrogens with two attached hydrogens (primary N) is 1. The second-order valence-electron chi connectivity index (χ2n) is 11.0. The molecular formula is C32H30F3N7O2. The van der Waals surface area contributed by atoms with E-state index in [0.29, 0.717) is 48.9 Å². The van der Waals surface area contributed by atoms with Gasteiger partial charge in [0.25, 0.3) is 5.91 Å². The number of likely N-dealkylation sites (tertiary alicyclic amines) is 1. The minimum Gasteiger partial charge on any atom is -0.393 e. The number of aromatic nitrogens is 4. The van der Waals surface area contributed by atoms with Gasteiger partial charge >= 0.3 is 6.18 Å². The molecule has 12 heteroatoms. The molecule has 1 aliphatic heterocycles. The van der Waals surface area contributed by atoms with E-state index in [9.17, 15) is 23.1 Å². The maximum absolute atomic E-state index is 14.1. The highest BCUT2D eigenvalue weighted by atomic mass is 19.4. The summed E-state index contributed by atoms with van der Waals surface area (Å²) in [5.74, 6) is 0.281. The van der Waals surface area contributed by atoms with Crippen LogP contribution in [0.1, 0.15) is 39.9 Å². The molecular weight excluding hydrogens is 571 g/mol. The van der Waals surface area contributed by atoms with Gasteiger partial charge in [-0.2, -0.15) is 13.2 Å². The summed E-state index contributed by atoms with van der Waals surface area (Å²) in [6, 6.07) is 14.4. The highest BCUT2D eigenvalue weighted by molar-refractivity contribution is 6.04. The number of fused-ring (bicyclic) bond motifs is 1.